The Bertz CT molecular complexity index is 612. The van der Waals surface area contributed by atoms with E-state index >= 15 is 0 Å². The molecule has 0 aliphatic carbocycles. The maximum atomic E-state index is 13.3. The lowest BCUT2D eigenvalue weighted by Gasteiger charge is -2.25. The third-order valence-corrected chi connectivity index (χ3v) is 3.75. The number of nitrogens with two attached hydrogens (primary N) is 1. The topological polar surface area (TPSA) is 42.1 Å². The summed E-state index contributed by atoms with van der Waals surface area (Å²) in [7, 11) is 0. The number of benzene rings is 1. The molecule has 3 rings (SSSR count). The van der Waals surface area contributed by atoms with E-state index in [4.69, 9.17) is 5.73 Å². The van der Waals surface area contributed by atoms with Crippen LogP contribution in [0.5, 0.6) is 0 Å². The molecular formula is C16H18FN3. The molecule has 0 radical (unpaired) electrons. The number of halogens is 1. The highest BCUT2D eigenvalue weighted by atomic mass is 19.1. The van der Waals surface area contributed by atoms with Crippen molar-refractivity contribution in [3.63, 3.8) is 0 Å². The van der Waals surface area contributed by atoms with Gasteiger partial charge in [0.1, 0.15) is 11.6 Å². The molecule has 0 bridgehead atoms. The molecule has 1 aromatic heterocycles. The van der Waals surface area contributed by atoms with Crippen molar-refractivity contribution in [1.29, 1.82) is 0 Å². The van der Waals surface area contributed by atoms with E-state index in [9.17, 15) is 4.39 Å². The maximum Gasteiger partial charge on any atom is 0.141 e. The molecule has 0 saturated heterocycles. The van der Waals surface area contributed by atoms with Crippen LogP contribution >= 0.6 is 0 Å². The highest BCUT2D eigenvalue weighted by molar-refractivity contribution is 5.66. The summed E-state index contributed by atoms with van der Waals surface area (Å²) in [6, 6.07) is 9.83. The Morgan fingerprint density at radius 2 is 2.10 bits per heavy atom. The van der Waals surface area contributed by atoms with Gasteiger partial charge >= 0.3 is 0 Å². The summed E-state index contributed by atoms with van der Waals surface area (Å²) < 4.78 is 13.3. The minimum atomic E-state index is -0.336. The lowest BCUT2D eigenvalue weighted by molar-refractivity contribution is 0.618. The second-order valence-electron chi connectivity index (χ2n) is 5.08. The van der Waals surface area contributed by atoms with Crippen molar-refractivity contribution in [3.8, 4) is 0 Å². The van der Waals surface area contributed by atoms with Crippen molar-refractivity contribution in [2.75, 3.05) is 11.4 Å². The summed E-state index contributed by atoms with van der Waals surface area (Å²) in [5, 5.41) is 0. The summed E-state index contributed by atoms with van der Waals surface area (Å²) in [4.78, 5) is 6.45. The van der Waals surface area contributed by atoms with Crippen LogP contribution in [0.25, 0.3) is 0 Å². The Kier molecular flexibility index (Phi) is 3.65. The predicted molar refractivity (Wildman–Crippen MR) is 78.5 cm³/mol. The van der Waals surface area contributed by atoms with Crippen molar-refractivity contribution in [1.82, 2.24) is 4.98 Å². The molecule has 20 heavy (non-hydrogen) atoms. The number of pyridine rings is 1. The van der Waals surface area contributed by atoms with Crippen molar-refractivity contribution < 1.29 is 4.39 Å². The molecule has 104 valence electrons. The standard InChI is InChI=1S/C16H18FN3/c17-14-9-13(10-18)16(19-11-14)20-8-4-3-6-12-5-1-2-7-15(12)20/h1-2,5,7,9,11H,3-4,6,8,10,18H2. The number of aryl methyl sites for hydroxylation is 1. The molecule has 4 heteroatoms. The van der Waals surface area contributed by atoms with Gasteiger partial charge in [0.25, 0.3) is 0 Å². The molecule has 0 saturated carbocycles. The second kappa shape index (κ2) is 5.59. The molecule has 1 aromatic carbocycles. The molecule has 0 atom stereocenters. The van der Waals surface area contributed by atoms with Crippen LogP contribution in [0.2, 0.25) is 0 Å². The van der Waals surface area contributed by atoms with Gasteiger partial charge in [0.2, 0.25) is 0 Å². The van der Waals surface area contributed by atoms with Gasteiger partial charge < -0.3 is 10.6 Å². The minimum absolute atomic E-state index is 0.290. The van der Waals surface area contributed by atoms with E-state index in [2.05, 4.69) is 28.1 Å². The monoisotopic (exact) mass is 271 g/mol. The van der Waals surface area contributed by atoms with Gasteiger partial charge in [-0.15, -0.1) is 0 Å². The van der Waals surface area contributed by atoms with Crippen LogP contribution in [-0.4, -0.2) is 11.5 Å². The number of nitrogens with zero attached hydrogens (tertiary/aromatic N) is 2. The lowest BCUT2D eigenvalue weighted by Crippen LogP contribution is -2.21. The normalized spacial score (nSPS) is 14.8. The van der Waals surface area contributed by atoms with Crippen molar-refractivity contribution in [2.45, 2.75) is 25.8 Å². The average molecular weight is 271 g/mol. The smallest absolute Gasteiger partial charge is 0.141 e. The average Bonchev–Trinajstić information content (AvgIpc) is 2.69. The Hall–Kier alpha value is -1.94. The van der Waals surface area contributed by atoms with Crippen molar-refractivity contribution in [3.05, 3.63) is 53.5 Å². The summed E-state index contributed by atoms with van der Waals surface area (Å²) in [5.41, 5.74) is 8.99. The molecule has 2 heterocycles. The van der Waals surface area contributed by atoms with Crippen molar-refractivity contribution >= 4 is 11.5 Å². The van der Waals surface area contributed by atoms with E-state index < -0.39 is 0 Å². The van der Waals surface area contributed by atoms with E-state index in [0.29, 0.717) is 6.54 Å². The number of fused-ring (bicyclic) bond motifs is 1. The number of hydrogen-bond acceptors (Lipinski definition) is 3. The number of para-hydroxylation sites is 1. The third kappa shape index (κ3) is 2.39. The first kappa shape index (κ1) is 13.1. The fourth-order valence-electron chi connectivity index (χ4n) is 2.78. The van der Waals surface area contributed by atoms with Crippen LogP contribution in [0.15, 0.2) is 36.5 Å². The molecule has 2 N–H and O–H groups in total. The molecule has 0 spiro atoms. The Balaban J connectivity index is 2.10. The first-order valence-electron chi connectivity index (χ1n) is 6.99. The Morgan fingerprint density at radius 3 is 2.95 bits per heavy atom. The number of anilines is 2. The van der Waals surface area contributed by atoms with Gasteiger partial charge in [0.15, 0.2) is 0 Å². The van der Waals surface area contributed by atoms with Crippen LogP contribution in [0.3, 0.4) is 0 Å². The van der Waals surface area contributed by atoms with Gasteiger partial charge in [0, 0.05) is 24.3 Å². The van der Waals surface area contributed by atoms with E-state index in [1.807, 2.05) is 6.07 Å². The lowest BCUT2D eigenvalue weighted by atomic mass is 10.1. The van der Waals surface area contributed by atoms with Crippen LogP contribution in [0.4, 0.5) is 15.9 Å². The summed E-state index contributed by atoms with van der Waals surface area (Å²) in [6.45, 7) is 1.18. The molecule has 0 unspecified atom stereocenters. The van der Waals surface area contributed by atoms with Crippen LogP contribution in [0, 0.1) is 5.82 Å². The summed E-state index contributed by atoms with van der Waals surface area (Å²) >= 11 is 0. The highest BCUT2D eigenvalue weighted by Crippen LogP contribution is 2.33. The Morgan fingerprint density at radius 1 is 1.25 bits per heavy atom. The quantitative estimate of drug-likeness (QED) is 0.912. The van der Waals surface area contributed by atoms with Crippen LogP contribution in [-0.2, 0) is 13.0 Å². The van der Waals surface area contributed by atoms with Gasteiger partial charge in [-0.25, -0.2) is 9.37 Å². The molecule has 0 amide bonds. The van der Waals surface area contributed by atoms with Gasteiger partial charge in [0.05, 0.1) is 6.20 Å². The largest absolute Gasteiger partial charge is 0.326 e. The molecule has 0 fully saturated rings. The zero-order valence-electron chi connectivity index (χ0n) is 11.3. The fourth-order valence-corrected chi connectivity index (χ4v) is 2.78. The zero-order chi connectivity index (χ0) is 13.9. The summed E-state index contributed by atoms with van der Waals surface area (Å²) in [6.07, 6.45) is 4.60. The molecule has 1 aliphatic heterocycles. The molecule has 3 nitrogen and oxygen atoms in total. The van der Waals surface area contributed by atoms with Gasteiger partial charge in [-0.05, 0) is 37.0 Å². The van der Waals surface area contributed by atoms with Gasteiger partial charge in [-0.3, -0.25) is 0 Å². The van der Waals surface area contributed by atoms with E-state index in [0.717, 1.165) is 37.2 Å². The molecule has 2 aromatic rings. The first-order chi connectivity index (χ1) is 9.79. The van der Waals surface area contributed by atoms with Crippen LogP contribution < -0.4 is 10.6 Å². The van der Waals surface area contributed by atoms with E-state index in [1.54, 1.807) is 0 Å². The fraction of sp³-hybridized carbons (Fsp3) is 0.312. The minimum Gasteiger partial charge on any atom is -0.326 e. The third-order valence-electron chi connectivity index (χ3n) is 3.75. The highest BCUT2D eigenvalue weighted by Gasteiger charge is 2.19. The number of hydrogen-bond donors (Lipinski definition) is 1. The van der Waals surface area contributed by atoms with E-state index in [1.165, 1.54) is 23.5 Å². The van der Waals surface area contributed by atoms with Gasteiger partial charge in [-0.2, -0.15) is 0 Å². The molecular weight excluding hydrogens is 253 g/mol. The van der Waals surface area contributed by atoms with E-state index in [-0.39, 0.29) is 5.82 Å². The molecule has 1 aliphatic rings. The first-order valence-corrected chi connectivity index (χ1v) is 6.99. The Labute approximate surface area is 118 Å². The van der Waals surface area contributed by atoms with Crippen LogP contribution in [0.1, 0.15) is 24.0 Å². The summed E-state index contributed by atoms with van der Waals surface area (Å²) in [5.74, 6) is 0.445. The number of aromatic nitrogens is 1. The second-order valence-corrected chi connectivity index (χ2v) is 5.08. The zero-order valence-corrected chi connectivity index (χ0v) is 11.3. The number of rotatable bonds is 2. The van der Waals surface area contributed by atoms with Crippen molar-refractivity contribution in [2.24, 2.45) is 5.73 Å². The SMILES string of the molecule is NCc1cc(F)cnc1N1CCCCc2ccccc21. The maximum absolute atomic E-state index is 13.3. The van der Waals surface area contributed by atoms with Gasteiger partial charge in [-0.1, -0.05) is 18.2 Å². The predicted octanol–water partition coefficient (Wildman–Crippen LogP) is 3.15.